The first-order valence-corrected chi connectivity index (χ1v) is 7.89. The first-order chi connectivity index (χ1) is 9.56. The number of carbonyl (C=O) groups is 1. The zero-order chi connectivity index (χ0) is 16.2. The topological polar surface area (TPSA) is 29.5 Å². The van der Waals surface area contributed by atoms with Gasteiger partial charge in [-0.15, -0.1) is 0 Å². The summed E-state index contributed by atoms with van der Waals surface area (Å²) in [7, 11) is 2.18. The van der Waals surface area contributed by atoms with E-state index in [1.165, 1.54) is 22.3 Å². The van der Waals surface area contributed by atoms with Crippen LogP contribution in [-0.2, 0) is 9.53 Å². The highest BCUT2D eigenvalue weighted by molar-refractivity contribution is 5.78. The molecule has 2 rings (SSSR count). The molecule has 1 atom stereocenters. The van der Waals surface area contributed by atoms with Crippen molar-refractivity contribution in [2.24, 2.45) is 5.92 Å². The number of esters is 1. The zero-order valence-corrected chi connectivity index (χ0v) is 14.8. The van der Waals surface area contributed by atoms with Crippen LogP contribution in [0.3, 0.4) is 0 Å². The van der Waals surface area contributed by atoms with Crippen molar-refractivity contribution in [3.63, 3.8) is 0 Å². The van der Waals surface area contributed by atoms with Crippen LogP contribution < -0.4 is 0 Å². The maximum absolute atomic E-state index is 12.3. The van der Waals surface area contributed by atoms with E-state index < -0.39 is 0 Å². The second kappa shape index (κ2) is 4.98. The molecule has 1 unspecified atom stereocenters. The molecule has 0 radical (unpaired) electrons. The van der Waals surface area contributed by atoms with Gasteiger partial charge in [0.2, 0.25) is 0 Å². The maximum atomic E-state index is 12.3. The highest BCUT2D eigenvalue weighted by Gasteiger charge is 2.53. The van der Waals surface area contributed by atoms with Crippen molar-refractivity contribution in [3.05, 3.63) is 22.3 Å². The van der Waals surface area contributed by atoms with Gasteiger partial charge in [-0.05, 0) is 73.1 Å². The molecule has 0 saturated carbocycles. The van der Waals surface area contributed by atoms with E-state index in [2.05, 4.69) is 53.5 Å². The number of ether oxygens (including phenoxy) is 1. The summed E-state index contributed by atoms with van der Waals surface area (Å²) in [6.45, 7) is 15.7. The number of likely N-dealkylation sites (tertiary alicyclic amines) is 1. The first kappa shape index (κ1) is 16.3. The van der Waals surface area contributed by atoms with Gasteiger partial charge in [0.05, 0.1) is 12.5 Å². The SMILES string of the molecule is CCOC(=O)C1CC(C)=C2C(=C1C)C(C)(C)N(C)C2(C)C. The molecule has 3 nitrogen and oxygen atoms in total. The monoisotopic (exact) mass is 291 g/mol. The molecule has 1 heterocycles. The molecular formula is C18H29NO2. The van der Waals surface area contributed by atoms with Gasteiger partial charge in [0, 0.05) is 11.1 Å². The van der Waals surface area contributed by atoms with Gasteiger partial charge in [-0.2, -0.15) is 0 Å². The predicted molar refractivity (Wildman–Crippen MR) is 86.1 cm³/mol. The molecule has 0 N–H and O–H groups in total. The van der Waals surface area contributed by atoms with Crippen molar-refractivity contribution < 1.29 is 9.53 Å². The van der Waals surface area contributed by atoms with Crippen molar-refractivity contribution in [2.75, 3.05) is 13.7 Å². The standard InChI is InChI=1S/C18H29NO2/c1-9-21-16(20)13-10-11(2)14-15(12(13)3)18(6,7)19(8)17(14,4)5/h13H,9-10H2,1-8H3. The Hall–Kier alpha value is -1.09. The number of hydrogen-bond donors (Lipinski definition) is 0. The first-order valence-electron chi connectivity index (χ1n) is 7.89. The fourth-order valence-electron chi connectivity index (χ4n) is 4.30. The van der Waals surface area contributed by atoms with E-state index in [0.29, 0.717) is 6.61 Å². The molecule has 0 aromatic rings. The van der Waals surface area contributed by atoms with Crippen LogP contribution in [0.4, 0.5) is 0 Å². The molecule has 1 aliphatic carbocycles. The summed E-state index contributed by atoms with van der Waals surface area (Å²) in [5, 5.41) is 0. The van der Waals surface area contributed by atoms with Crippen LogP contribution in [0.2, 0.25) is 0 Å². The quantitative estimate of drug-likeness (QED) is 0.726. The Bertz CT molecular complexity index is 537. The van der Waals surface area contributed by atoms with Crippen LogP contribution in [0.25, 0.3) is 0 Å². The summed E-state index contributed by atoms with van der Waals surface area (Å²) in [4.78, 5) is 14.7. The second-order valence-corrected chi connectivity index (χ2v) is 7.40. The van der Waals surface area contributed by atoms with Crippen molar-refractivity contribution in [1.29, 1.82) is 0 Å². The number of nitrogens with zero attached hydrogens (tertiary/aromatic N) is 1. The Morgan fingerprint density at radius 3 is 2.24 bits per heavy atom. The molecule has 1 fully saturated rings. The van der Waals surface area contributed by atoms with E-state index in [9.17, 15) is 4.79 Å². The van der Waals surface area contributed by atoms with Crippen LogP contribution in [0.1, 0.15) is 54.9 Å². The fraction of sp³-hybridized carbons (Fsp3) is 0.722. The van der Waals surface area contributed by atoms with Gasteiger partial charge in [-0.3, -0.25) is 9.69 Å². The smallest absolute Gasteiger partial charge is 0.313 e. The molecule has 0 amide bonds. The minimum Gasteiger partial charge on any atom is -0.466 e. The van der Waals surface area contributed by atoms with E-state index in [1.807, 2.05) is 6.92 Å². The molecule has 0 aromatic heterocycles. The third-order valence-electron chi connectivity index (χ3n) is 5.58. The summed E-state index contributed by atoms with van der Waals surface area (Å²) < 4.78 is 5.29. The number of carbonyl (C=O) groups excluding carboxylic acids is 1. The average Bonchev–Trinajstić information content (AvgIpc) is 2.52. The maximum Gasteiger partial charge on any atom is 0.313 e. The van der Waals surface area contributed by atoms with Crippen LogP contribution in [0.15, 0.2) is 22.3 Å². The lowest BCUT2D eigenvalue weighted by Crippen LogP contribution is -2.45. The number of likely N-dealkylation sites (N-methyl/N-ethyl adjacent to an activating group) is 1. The van der Waals surface area contributed by atoms with Crippen molar-refractivity contribution >= 4 is 5.97 Å². The summed E-state index contributed by atoms with van der Waals surface area (Å²) in [5.41, 5.74) is 5.23. The average molecular weight is 291 g/mol. The number of allylic oxidation sites excluding steroid dienone is 1. The molecule has 2 aliphatic rings. The Labute approximate surface area is 129 Å². The van der Waals surface area contributed by atoms with Gasteiger partial charge in [0.1, 0.15) is 0 Å². The normalized spacial score (nSPS) is 27.9. The molecule has 1 saturated heterocycles. The van der Waals surface area contributed by atoms with Crippen LogP contribution in [-0.4, -0.2) is 35.6 Å². The van der Waals surface area contributed by atoms with Gasteiger partial charge in [0.25, 0.3) is 0 Å². The number of fused-ring (bicyclic) bond motifs is 1. The van der Waals surface area contributed by atoms with Crippen molar-refractivity contribution in [1.82, 2.24) is 4.90 Å². The summed E-state index contributed by atoms with van der Waals surface area (Å²) in [6.07, 6.45) is 0.789. The molecule has 1 aliphatic heterocycles. The fourth-order valence-corrected chi connectivity index (χ4v) is 4.30. The lowest BCUT2D eigenvalue weighted by Gasteiger charge is -2.36. The Kier molecular flexibility index (Phi) is 3.86. The van der Waals surface area contributed by atoms with Crippen molar-refractivity contribution in [3.8, 4) is 0 Å². The van der Waals surface area contributed by atoms with Crippen LogP contribution >= 0.6 is 0 Å². The van der Waals surface area contributed by atoms with Crippen molar-refractivity contribution in [2.45, 2.75) is 66.0 Å². The van der Waals surface area contributed by atoms with E-state index in [4.69, 9.17) is 4.74 Å². The Morgan fingerprint density at radius 2 is 1.71 bits per heavy atom. The Balaban J connectivity index is 2.60. The summed E-state index contributed by atoms with van der Waals surface area (Å²) in [6, 6.07) is 0. The van der Waals surface area contributed by atoms with Gasteiger partial charge in [-0.1, -0.05) is 11.1 Å². The highest BCUT2D eigenvalue weighted by Crippen LogP contribution is 2.54. The zero-order valence-electron chi connectivity index (χ0n) is 14.8. The third kappa shape index (κ3) is 2.17. The minimum atomic E-state index is -0.120. The summed E-state index contributed by atoms with van der Waals surface area (Å²) in [5.74, 6) is -0.200. The van der Waals surface area contributed by atoms with Gasteiger partial charge in [0.15, 0.2) is 0 Å². The largest absolute Gasteiger partial charge is 0.466 e. The van der Waals surface area contributed by atoms with E-state index >= 15 is 0 Å². The molecule has 21 heavy (non-hydrogen) atoms. The van der Waals surface area contributed by atoms with Gasteiger partial charge >= 0.3 is 5.97 Å². The molecule has 0 spiro atoms. The third-order valence-corrected chi connectivity index (χ3v) is 5.58. The van der Waals surface area contributed by atoms with Gasteiger partial charge in [-0.25, -0.2) is 0 Å². The van der Waals surface area contributed by atoms with E-state index in [-0.39, 0.29) is 23.0 Å². The molecular weight excluding hydrogens is 262 g/mol. The predicted octanol–water partition coefficient (Wildman–Crippen LogP) is 3.71. The molecule has 3 heteroatoms. The van der Waals surface area contributed by atoms with Crippen LogP contribution in [0, 0.1) is 5.92 Å². The van der Waals surface area contributed by atoms with Crippen LogP contribution in [0.5, 0.6) is 0 Å². The minimum absolute atomic E-state index is 0.00378. The summed E-state index contributed by atoms with van der Waals surface area (Å²) >= 11 is 0. The second-order valence-electron chi connectivity index (χ2n) is 7.40. The Morgan fingerprint density at radius 1 is 1.19 bits per heavy atom. The molecule has 118 valence electrons. The number of hydrogen-bond acceptors (Lipinski definition) is 3. The molecule has 0 bridgehead atoms. The lowest BCUT2D eigenvalue weighted by molar-refractivity contribution is -0.146. The highest BCUT2D eigenvalue weighted by atomic mass is 16.5. The van der Waals surface area contributed by atoms with E-state index in [1.54, 1.807) is 0 Å². The van der Waals surface area contributed by atoms with Gasteiger partial charge < -0.3 is 4.74 Å². The molecule has 0 aromatic carbocycles. The number of rotatable bonds is 2. The lowest BCUT2D eigenvalue weighted by atomic mass is 9.73. The van der Waals surface area contributed by atoms with E-state index in [0.717, 1.165) is 6.42 Å².